The summed E-state index contributed by atoms with van der Waals surface area (Å²) in [6, 6.07) is 1.03. The molecule has 21 heavy (non-hydrogen) atoms. The minimum atomic E-state index is -0.385. The summed E-state index contributed by atoms with van der Waals surface area (Å²) >= 11 is 0. The number of aryl methyl sites for hydroxylation is 1. The molecule has 1 saturated carbocycles. The predicted octanol–water partition coefficient (Wildman–Crippen LogP) is 2.23. The molecule has 1 aromatic rings. The van der Waals surface area contributed by atoms with Crippen LogP contribution in [0, 0.1) is 12.8 Å². The van der Waals surface area contributed by atoms with Crippen molar-refractivity contribution in [3.63, 3.8) is 0 Å². The quantitative estimate of drug-likeness (QED) is 0.659. The van der Waals surface area contributed by atoms with Crippen LogP contribution in [0.5, 0.6) is 0 Å². The first-order valence-electron chi connectivity index (χ1n) is 7.19. The average molecular weight is 295 g/mol. The number of carbonyl (C=O) groups excluding carboxylic acids is 2. The second-order valence-corrected chi connectivity index (χ2v) is 5.30. The first kappa shape index (κ1) is 15.3. The van der Waals surface area contributed by atoms with Crippen molar-refractivity contribution in [1.29, 1.82) is 0 Å². The van der Waals surface area contributed by atoms with Gasteiger partial charge >= 0.3 is 12.0 Å². The maximum Gasteiger partial charge on any atom is 0.320 e. The highest BCUT2D eigenvalue weighted by Crippen LogP contribution is 2.24. The average Bonchev–Trinajstić information content (AvgIpc) is 2.72. The summed E-state index contributed by atoms with van der Waals surface area (Å²) in [5.74, 6) is 0.419. The van der Waals surface area contributed by atoms with Gasteiger partial charge in [-0.15, -0.1) is 0 Å². The van der Waals surface area contributed by atoms with E-state index in [9.17, 15) is 9.59 Å². The monoisotopic (exact) mass is 295 g/mol. The van der Waals surface area contributed by atoms with E-state index in [0.717, 1.165) is 32.1 Å². The molecule has 0 spiro atoms. The van der Waals surface area contributed by atoms with Crippen LogP contribution in [0.4, 0.5) is 10.6 Å². The third-order valence-corrected chi connectivity index (χ3v) is 3.71. The third-order valence-electron chi connectivity index (χ3n) is 3.71. The number of urea groups is 1. The van der Waals surface area contributed by atoms with E-state index in [4.69, 9.17) is 9.26 Å². The Labute approximate surface area is 123 Å². The van der Waals surface area contributed by atoms with Gasteiger partial charge in [0, 0.05) is 12.1 Å². The zero-order chi connectivity index (χ0) is 15.2. The molecule has 2 amide bonds. The molecule has 0 aromatic carbocycles. The van der Waals surface area contributed by atoms with Crippen molar-refractivity contribution in [3.05, 3.63) is 11.8 Å². The van der Waals surface area contributed by atoms with Crippen LogP contribution < -0.4 is 10.6 Å². The van der Waals surface area contributed by atoms with Gasteiger partial charge in [0.05, 0.1) is 13.0 Å². The van der Waals surface area contributed by atoms with Crippen LogP contribution in [0.25, 0.3) is 0 Å². The number of hydrogen-bond donors (Lipinski definition) is 2. The number of hydrogen-bond acceptors (Lipinski definition) is 5. The number of methoxy groups -OCH3 is 1. The van der Waals surface area contributed by atoms with Gasteiger partial charge in [0.15, 0.2) is 5.82 Å². The molecule has 0 saturated heterocycles. The van der Waals surface area contributed by atoms with E-state index in [1.807, 2.05) is 0 Å². The van der Waals surface area contributed by atoms with Gasteiger partial charge in [-0.1, -0.05) is 24.4 Å². The molecule has 2 atom stereocenters. The van der Waals surface area contributed by atoms with Crippen LogP contribution in [0.1, 0.15) is 37.9 Å². The Bertz CT molecular complexity index is 500. The number of nitrogens with zero attached hydrogens (tertiary/aromatic N) is 1. The van der Waals surface area contributed by atoms with Crippen molar-refractivity contribution in [2.75, 3.05) is 12.4 Å². The van der Waals surface area contributed by atoms with Crippen LogP contribution in [0.2, 0.25) is 0 Å². The molecule has 0 aliphatic heterocycles. The molecule has 0 radical (unpaired) electrons. The summed E-state index contributed by atoms with van der Waals surface area (Å²) in [5.41, 5.74) is 0. The molecule has 1 heterocycles. The molecule has 1 fully saturated rings. The Morgan fingerprint density at radius 2 is 2.10 bits per heavy atom. The lowest BCUT2D eigenvalue weighted by atomic mass is 9.95. The summed E-state index contributed by atoms with van der Waals surface area (Å²) in [4.78, 5) is 23.9. The van der Waals surface area contributed by atoms with Gasteiger partial charge in [0.25, 0.3) is 0 Å². The Balaban J connectivity index is 1.96. The number of amides is 2. The van der Waals surface area contributed by atoms with Gasteiger partial charge in [-0.05, 0) is 19.8 Å². The highest BCUT2D eigenvalue weighted by molar-refractivity contribution is 5.88. The zero-order valence-corrected chi connectivity index (χ0v) is 12.3. The van der Waals surface area contributed by atoms with E-state index >= 15 is 0 Å². The highest BCUT2D eigenvalue weighted by Gasteiger charge is 2.31. The number of rotatable bonds is 3. The molecule has 1 aliphatic rings. The van der Waals surface area contributed by atoms with Crippen molar-refractivity contribution in [1.82, 2.24) is 10.5 Å². The predicted molar refractivity (Wildman–Crippen MR) is 75.8 cm³/mol. The summed E-state index contributed by atoms with van der Waals surface area (Å²) in [6.45, 7) is 1.74. The highest BCUT2D eigenvalue weighted by atomic mass is 16.5. The maximum absolute atomic E-state index is 12.0. The SMILES string of the molecule is COC(=O)[C@H]1CCCCC[C@@H]1NC(=O)Nc1cc(C)on1. The van der Waals surface area contributed by atoms with Gasteiger partial charge in [0.2, 0.25) is 0 Å². The molecular formula is C14H21N3O4. The lowest BCUT2D eigenvalue weighted by molar-refractivity contribution is -0.146. The number of esters is 1. The molecule has 0 bridgehead atoms. The normalized spacial score (nSPS) is 22.2. The molecule has 1 aliphatic carbocycles. The van der Waals surface area contributed by atoms with Crippen LogP contribution in [-0.4, -0.2) is 30.3 Å². The molecular weight excluding hydrogens is 274 g/mol. The Morgan fingerprint density at radius 1 is 1.33 bits per heavy atom. The zero-order valence-electron chi connectivity index (χ0n) is 12.3. The number of aromatic nitrogens is 1. The van der Waals surface area contributed by atoms with Crippen molar-refractivity contribution in [2.24, 2.45) is 5.92 Å². The second-order valence-electron chi connectivity index (χ2n) is 5.30. The first-order chi connectivity index (χ1) is 10.1. The number of carbonyl (C=O) groups is 2. The first-order valence-corrected chi connectivity index (χ1v) is 7.19. The van der Waals surface area contributed by atoms with Gasteiger partial charge in [-0.3, -0.25) is 10.1 Å². The molecule has 2 rings (SSSR count). The molecule has 7 nitrogen and oxygen atoms in total. The summed E-state index contributed by atoms with van der Waals surface area (Å²) in [7, 11) is 1.38. The fourth-order valence-corrected chi connectivity index (χ4v) is 2.66. The third kappa shape index (κ3) is 4.21. The van der Waals surface area contributed by atoms with E-state index in [1.165, 1.54) is 7.11 Å². The number of anilines is 1. The number of nitrogens with one attached hydrogen (secondary N) is 2. The van der Waals surface area contributed by atoms with Crippen LogP contribution in [-0.2, 0) is 9.53 Å². The van der Waals surface area contributed by atoms with Gasteiger partial charge in [0.1, 0.15) is 5.76 Å². The molecule has 2 N–H and O–H groups in total. The van der Waals surface area contributed by atoms with Crippen molar-refractivity contribution < 1.29 is 18.8 Å². The molecule has 0 unspecified atom stereocenters. The fourth-order valence-electron chi connectivity index (χ4n) is 2.66. The van der Waals surface area contributed by atoms with Gasteiger partial charge in [-0.25, -0.2) is 4.79 Å². The maximum atomic E-state index is 12.0. The number of ether oxygens (including phenoxy) is 1. The van der Waals surface area contributed by atoms with E-state index in [2.05, 4.69) is 15.8 Å². The summed E-state index contributed by atoms with van der Waals surface area (Å²) in [6.07, 6.45) is 4.53. The largest absolute Gasteiger partial charge is 0.469 e. The Hall–Kier alpha value is -2.05. The van der Waals surface area contributed by atoms with Crippen molar-refractivity contribution in [2.45, 2.75) is 45.1 Å². The van der Waals surface area contributed by atoms with Crippen LogP contribution in [0.3, 0.4) is 0 Å². The van der Waals surface area contributed by atoms with Gasteiger partial charge < -0.3 is 14.6 Å². The molecule has 7 heteroatoms. The van der Waals surface area contributed by atoms with Crippen molar-refractivity contribution in [3.8, 4) is 0 Å². The summed E-state index contributed by atoms with van der Waals surface area (Å²) < 4.78 is 9.73. The Kier molecular flexibility index (Phi) is 5.19. The van der Waals surface area contributed by atoms with Gasteiger partial charge in [-0.2, -0.15) is 0 Å². The minimum Gasteiger partial charge on any atom is -0.469 e. The van der Waals surface area contributed by atoms with E-state index in [0.29, 0.717) is 11.6 Å². The summed E-state index contributed by atoms with van der Waals surface area (Å²) in [5, 5.41) is 9.15. The van der Waals surface area contributed by atoms with Crippen LogP contribution in [0.15, 0.2) is 10.6 Å². The van der Waals surface area contributed by atoms with E-state index < -0.39 is 0 Å². The standard InChI is InChI=1S/C14H21N3O4/c1-9-8-12(17-21-9)16-14(19)15-11-7-5-3-4-6-10(11)13(18)20-2/h8,10-11H,3-7H2,1-2H3,(H2,15,16,17,19)/t10-,11-/m0/s1. The van der Waals surface area contributed by atoms with Crippen molar-refractivity contribution >= 4 is 17.8 Å². The lowest BCUT2D eigenvalue weighted by Gasteiger charge is -2.23. The topological polar surface area (TPSA) is 93.5 Å². The molecule has 1 aromatic heterocycles. The smallest absolute Gasteiger partial charge is 0.320 e. The van der Waals surface area contributed by atoms with E-state index in [1.54, 1.807) is 13.0 Å². The van der Waals surface area contributed by atoms with Crippen LogP contribution >= 0.6 is 0 Å². The fraction of sp³-hybridized carbons (Fsp3) is 0.643. The Morgan fingerprint density at radius 3 is 2.76 bits per heavy atom. The minimum absolute atomic E-state index is 0.215. The van der Waals surface area contributed by atoms with E-state index in [-0.39, 0.29) is 24.0 Å². The molecule has 116 valence electrons. The lowest BCUT2D eigenvalue weighted by Crippen LogP contribution is -2.45. The second kappa shape index (κ2) is 7.10.